The molecule has 4 unspecified atom stereocenters. The van der Waals surface area contributed by atoms with Gasteiger partial charge in [-0.1, -0.05) is 51.0 Å². The molecule has 2 aliphatic carbocycles. The lowest BCUT2D eigenvalue weighted by Crippen LogP contribution is -2.44. The van der Waals surface area contributed by atoms with E-state index < -0.39 is 0 Å². The molecule has 4 atom stereocenters. The average molecular weight is 437 g/mol. The predicted octanol–water partition coefficient (Wildman–Crippen LogP) is 4.56. The fourth-order valence-electron chi connectivity index (χ4n) is 4.29. The summed E-state index contributed by atoms with van der Waals surface area (Å²) >= 11 is 1.46. The molecule has 1 aliphatic heterocycles. The molecule has 1 N–H and O–H groups in total. The number of amides is 2. The number of carbonyl (C=O) groups is 2. The van der Waals surface area contributed by atoms with Gasteiger partial charge in [-0.25, -0.2) is 4.99 Å². The number of aliphatic imine (C=N–C) groups is 1. The number of thioether (sulfide) groups is 1. The fourth-order valence-corrected chi connectivity index (χ4v) is 5.31. The van der Waals surface area contributed by atoms with Crippen LogP contribution in [0.1, 0.15) is 38.7 Å². The number of rotatable bonds is 4. The lowest BCUT2D eigenvalue weighted by Gasteiger charge is -2.34. The highest BCUT2D eigenvalue weighted by atomic mass is 32.2. The highest BCUT2D eigenvalue weighted by Crippen LogP contribution is 2.35. The van der Waals surface area contributed by atoms with E-state index in [1.54, 1.807) is 13.2 Å². The van der Waals surface area contributed by atoms with Gasteiger partial charge >= 0.3 is 0 Å². The third kappa shape index (κ3) is 4.85. The first kappa shape index (κ1) is 21.6. The maximum absolute atomic E-state index is 12.8. The summed E-state index contributed by atoms with van der Waals surface area (Å²) < 4.78 is 5.25. The van der Waals surface area contributed by atoms with Gasteiger partial charge in [0.1, 0.15) is 5.75 Å². The summed E-state index contributed by atoms with van der Waals surface area (Å²) in [5, 5.41) is 3.13. The van der Waals surface area contributed by atoms with E-state index in [9.17, 15) is 9.59 Å². The Morgan fingerprint density at radius 1 is 1.29 bits per heavy atom. The summed E-state index contributed by atoms with van der Waals surface area (Å²) in [4.78, 5) is 30.3. The van der Waals surface area contributed by atoms with Crippen LogP contribution >= 0.6 is 11.8 Å². The van der Waals surface area contributed by atoms with Gasteiger partial charge in [0, 0.05) is 11.6 Å². The molecule has 162 valence electrons. The quantitative estimate of drug-likeness (QED) is 0.703. The number of carbonyl (C=O) groups excluding carboxylic acids is 2. The molecule has 2 amide bonds. The van der Waals surface area contributed by atoms with Gasteiger partial charge in [0.05, 0.1) is 23.0 Å². The maximum atomic E-state index is 12.8. The maximum Gasteiger partial charge on any atom is 0.283 e. The van der Waals surface area contributed by atoms with Crippen LogP contribution in [0.25, 0.3) is 6.08 Å². The van der Waals surface area contributed by atoms with Gasteiger partial charge < -0.3 is 10.1 Å². The molecule has 3 aliphatic rings. The molecule has 0 radical (unpaired) electrons. The van der Waals surface area contributed by atoms with Crippen molar-refractivity contribution < 1.29 is 14.3 Å². The Balaban J connectivity index is 1.49. The molecule has 0 bridgehead atoms. The zero-order chi connectivity index (χ0) is 22.0. The van der Waals surface area contributed by atoms with E-state index in [1.165, 1.54) is 18.2 Å². The molecule has 1 aromatic carbocycles. The van der Waals surface area contributed by atoms with Crippen molar-refractivity contribution in [2.24, 2.45) is 16.8 Å². The number of ether oxygens (including phenoxy) is 1. The molecule has 4 rings (SSSR count). The van der Waals surface area contributed by atoms with Crippen LogP contribution in [-0.4, -0.2) is 35.9 Å². The van der Waals surface area contributed by atoms with Gasteiger partial charge in [-0.05, 0) is 48.1 Å². The van der Waals surface area contributed by atoms with Gasteiger partial charge in [0.2, 0.25) is 0 Å². The van der Waals surface area contributed by atoms with Gasteiger partial charge in [0.25, 0.3) is 11.8 Å². The van der Waals surface area contributed by atoms with E-state index in [2.05, 4.69) is 24.2 Å². The van der Waals surface area contributed by atoms with Gasteiger partial charge in [-0.2, -0.15) is 0 Å². The second-order valence-corrected chi connectivity index (χ2v) is 9.65. The van der Waals surface area contributed by atoms with Crippen LogP contribution in [0.15, 0.2) is 58.0 Å². The van der Waals surface area contributed by atoms with Crippen molar-refractivity contribution in [3.63, 3.8) is 0 Å². The second kappa shape index (κ2) is 9.27. The Morgan fingerprint density at radius 3 is 2.94 bits per heavy atom. The highest BCUT2D eigenvalue weighted by Gasteiger charge is 2.31. The topological polar surface area (TPSA) is 67.8 Å². The smallest absolute Gasteiger partial charge is 0.283 e. The van der Waals surface area contributed by atoms with E-state index in [-0.39, 0.29) is 23.1 Å². The average Bonchev–Trinajstić information content (AvgIpc) is 2.77. The summed E-state index contributed by atoms with van der Waals surface area (Å²) in [6, 6.07) is 7.76. The predicted molar refractivity (Wildman–Crippen MR) is 126 cm³/mol. The normalized spacial score (nSPS) is 29.1. The minimum atomic E-state index is -0.278. The molecular weight excluding hydrogens is 408 g/mol. The molecule has 1 saturated carbocycles. The van der Waals surface area contributed by atoms with E-state index in [0.717, 1.165) is 24.2 Å². The van der Waals surface area contributed by atoms with Crippen LogP contribution in [-0.2, 0) is 9.59 Å². The fraction of sp³-hybridized carbons (Fsp3) is 0.400. The molecule has 0 saturated heterocycles. The minimum Gasteiger partial charge on any atom is -0.497 e. The zero-order valence-electron chi connectivity index (χ0n) is 18.1. The van der Waals surface area contributed by atoms with E-state index in [4.69, 9.17) is 4.74 Å². The number of hydrogen-bond acceptors (Lipinski definition) is 4. The van der Waals surface area contributed by atoms with Crippen LogP contribution < -0.4 is 10.1 Å². The van der Waals surface area contributed by atoms with Gasteiger partial charge in [0.15, 0.2) is 0 Å². The first-order valence-electron chi connectivity index (χ1n) is 10.8. The largest absolute Gasteiger partial charge is 0.497 e. The number of nitrogens with one attached hydrogen (secondary N) is 1. The summed E-state index contributed by atoms with van der Waals surface area (Å²) in [6.07, 6.45) is 10.8. The zero-order valence-corrected chi connectivity index (χ0v) is 18.9. The summed E-state index contributed by atoms with van der Waals surface area (Å²) in [5.41, 5.74) is 2.09. The molecule has 31 heavy (non-hydrogen) atoms. The third-order valence-corrected chi connectivity index (χ3v) is 7.62. The summed E-state index contributed by atoms with van der Waals surface area (Å²) in [6.45, 7) is 4.47. The van der Waals surface area contributed by atoms with Crippen molar-refractivity contribution in [2.45, 2.75) is 44.4 Å². The molecule has 6 heteroatoms. The van der Waals surface area contributed by atoms with Crippen molar-refractivity contribution in [1.82, 2.24) is 5.32 Å². The van der Waals surface area contributed by atoms with Crippen molar-refractivity contribution >= 4 is 35.4 Å². The standard InChI is InChI=1S/C25H28N2O3S/c1-15-6-4-9-20(16(15)2)26-24(28)18-10-11-22-21(14-18)27-25(29)23(31-22)13-17-7-5-8-19(12-17)30-3/h5,7-8,10-16,20,22H,4,6,9H2,1-3H3,(H,26,28)/b23-13+. The molecular formula is C25H28N2O3S. The van der Waals surface area contributed by atoms with Gasteiger partial charge in [-0.3, -0.25) is 9.59 Å². The van der Waals surface area contributed by atoms with E-state index in [0.29, 0.717) is 28.0 Å². The Labute approximate surface area is 187 Å². The van der Waals surface area contributed by atoms with E-state index >= 15 is 0 Å². The lowest BCUT2D eigenvalue weighted by atomic mass is 9.78. The number of benzene rings is 1. The van der Waals surface area contributed by atoms with Crippen LogP contribution in [0.5, 0.6) is 5.75 Å². The molecule has 1 heterocycles. The Kier molecular flexibility index (Phi) is 6.46. The Hall–Kier alpha value is -2.60. The van der Waals surface area contributed by atoms with Crippen molar-refractivity contribution in [2.75, 3.05) is 7.11 Å². The summed E-state index contributed by atoms with van der Waals surface area (Å²) in [5.74, 6) is 1.46. The van der Waals surface area contributed by atoms with Crippen molar-refractivity contribution in [3.8, 4) is 5.75 Å². The number of nitrogens with zero attached hydrogens (tertiary/aromatic N) is 1. The molecule has 0 spiro atoms. The van der Waals surface area contributed by atoms with E-state index in [1.807, 2.05) is 42.5 Å². The van der Waals surface area contributed by atoms with Crippen LogP contribution in [0.4, 0.5) is 0 Å². The number of allylic oxidation sites excluding steroid dienone is 1. The molecule has 1 aromatic rings. The highest BCUT2D eigenvalue weighted by molar-refractivity contribution is 8.05. The minimum absolute atomic E-state index is 0.0697. The lowest BCUT2D eigenvalue weighted by molar-refractivity contribution is -0.118. The Morgan fingerprint density at radius 2 is 2.13 bits per heavy atom. The Bertz CT molecular complexity index is 1010. The third-order valence-electron chi connectivity index (χ3n) is 6.42. The second-order valence-electron chi connectivity index (χ2n) is 8.47. The first-order chi connectivity index (χ1) is 14.9. The van der Waals surface area contributed by atoms with Gasteiger partial charge in [-0.15, -0.1) is 11.8 Å². The number of hydrogen-bond donors (Lipinski definition) is 1. The first-order valence-corrected chi connectivity index (χ1v) is 11.7. The molecule has 1 fully saturated rings. The molecule has 0 aromatic heterocycles. The molecule has 5 nitrogen and oxygen atoms in total. The number of fused-ring (bicyclic) bond motifs is 1. The van der Waals surface area contributed by atoms with Crippen LogP contribution in [0, 0.1) is 11.8 Å². The van der Waals surface area contributed by atoms with Crippen molar-refractivity contribution in [1.29, 1.82) is 0 Å². The van der Waals surface area contributed by atoms with Crippen LogP contribution in [0.3, 0.4) is 0 Å². The monoisotopic (exact) mass is 436 g/mol. The SMILES string of the molecule is COc1cccc(/C=C2/SC3C=CC(C(=O)NC4CCCC(C)C4C)=CC3=NC2=O)c1. The number of methoxy groups -OCH3 is 1. The van der Waals surface area contributed by atoms with Crippen LogP contribution in [0.2, 0.25) is 0 Å². The van der Waals surface area contributed by atoms with Crippen molar-refractivity contribution in [3.05, 3.63) is 58.5 Å². The summed E-state index contributed by atoms with van der Waals surface area (Å²) in [7, 11) is 1.62.